The van der Waals surface area contributed by atoms with Crippen molar-refractivity contribution in [2.24, 2.45) is 11.8 Å². The Morgan fingerprint density at radius 1 is 1.17 bits per heavy atom. The average molecular weight is 581 g/mol. The maximum atomic E-state index is 14.6. The molecule has 1 N–H and O–H groups in total. The first-order valence-corrected chi connectivity index (χ1v) is 15.5. The van der Waals surface area contributed by atoms with E-state index in [2.05, 4.69) is 23.5 Å². The maximum absolute atomic E-state index is 14.6. The van der Waals surface area contributed by atoms with E-state index in [1.807, 2.05) is 36.1 Å². The molecule has 1 spiro atoms. The van der Waals surface area contributed by atoms with Gasteiger partial charge < -0.3 is 19.8 Å². The van der Waals surface area contributed by atoms with Crippen molar-refractivity contribution >= 4 is 40.5 Å². The Morgan fingerprint density at radius 3 is 2.66 bits per heavy atom. The van der Waals surface area contributed by atoms with E-state index in [1.54, 1.807) is 38.4 Å². The number of hydrogen-bond donors (Lipinski definition) is 1. The van der Waals surface area contributed by atoms with Crippen molar-refractivity contribution in [1.82, 2.24) is 29.7 Å². The Balaban J connectivity index is 1.50. The number of thioether (sulfide) groups is 1. The Morgan fingerprint density at radius 2 is 1.93 bits per heavy atom. The summed E-state index contributed by atoms with van der Waals surface area (Å²) >= 11 is 1.68. The molecule has 3 amide bonds. The standard InChI is InChI=1S/C30H40N6O4S/c1-4-15-33(16-5-2)27(38)24-23-13-14-30(41-23)25(24)28(39)35(18-9-10-19-37)26(30)29(40)34(17-6-3)20-36-22-12-8-7-11-21(22)31-32-36/h4,6-8,11-12,23-26,37H,1,3,5,9-10,13-20H2,2H3/t23-,24+,25+,26?,30?/m1/s1. The van der Waals surface area contributed by atoms with Gasteiger partial charge in [0.05, 0.1) is 22.1 Å². The van der Waals surface area contributed by atoms with Crippen LogP contribution in [-0.4, -0.2) is 101 Å². The minimum Gasteiger partial charge on any atom is -0.396 e. The van der Waals surface area contributed by atoms with E-state index in [9.17, 15) is 19.5 Å². The quantitative estimate of drug-likeness (QED) is 0.270. The van der Waals surface area contributed by atoms with Crippen molar-refractivity contribution in [2.75, 3.05) is 32.8 Å². The molecule has 3 aliphatic heterocycles. The minimum absolute atomic E-state index is 0.00243. The summed E-state index contributed by atoms with van der Waals surface area (Å²) < 4.78 is 1.02. The van der Waals surface area contributed by atoms with Crippen molar-refractivity contribution in [3.8, 4) is 0 Å². The van der Waals surface area contributed by atoms with Gasteiger partial charge in [0.15, 0.2) is 0 Å². The van der Waals surface area contributed by atoms with Gasteiger partial charge in [-0.25, -0.2) is 4.68 Å². The smallest absolute Gasteiger partial charge is 0.248 e. The second-order valence-electron chi connectivity index (χ2n) is 11.2. The number of hydrogen-bond acceptors (Lipinski definition) is 7. The normalized spacial score (nSPS) is 26.4. The molecule has 2 unspecified atom stereocenters. The molecule has 3 saturated heterocycles. The highest BCUT2D eigenvalue weighted by Gasteiger charge is 2.74. The number of likely N-dealkylation sites (tertiary alicyclic amines) is 1. The topological polar surface area (TPSA) is 112 Å². The highest BCUT2D eigenvalue weighted by Crippen LogP contribution is 2.66. The van der Waals surface area contributed by atoms with Gasteiger partial charge in [-0.15, -0.1) is 30.0 Å². The number of rotatable bonds is 14. The number of amides is 3. The molecular formula is C30H40N6O4S. The number of fused-ring (bicyclic) bond motifs is 2. The van der Waals surface area contributed by atoms with Crippen molar-refractivity contribution in [3.05, 3.63) is 49.6 Å². The summed E-state index contributed by atoms with van der Waals surface area (Å²) in [6.07, 6.45) is 6.84. The van der Waals surface area contributed by atoms with Gasteiger partial charge >= 0.3 is 0 Å². The summed E-state index contributed by atoms with van der Waals surface area (Å²) in [6.45, 7) is 11.6. The average Bonchev–Trinajstić information content (AvgIpc) is 3.72. The molecule has 5 rings (SSSR count). The molecule has 0 radical (unpaired) electrons. The van der Waals surface area contributed by atoms with Crippen LogP contribution in [0.1, 0.15) is 39.0 Å². The lowest BCUT2D eigenvalue weighted by Gasteiger charge is -2.37. The number of aliphatic hydroxyl groups is 1. The lowest BCUT2D eigenvalue weighted by Crippen LogP contribution is -2.55. The van der Waals surface area contributed by atoms with Crippen LogP contribution in [0, 0.1) is 11.8 Å². The predicted molar refractivity (Wildman–Crippen MR) is 159 cm³/mol. The lowest BCUT2D eigenvalue weighted by molar-refractivity contribution is -0.145. The van der Waals surface area contributed by atoms with Crippen LogP contribution in [0.2, 0.25) is 0 Å². The van der Waals surface area contributed by atoms with Gasteiger partial charge in [-0.05, 0) is 44.2 Å². The number of para-hydroxylation sites is 1. The van der Waals surface area contributed by atoms with Crippen molar-refractivity contribution in [1.29, 1.82) is 0 Å². The van der Waals surface area contributed by atoms with E-state index >= 15 is 0 Å². The van der Waals surface area contributed by atoms with Crippen molar-refractivity contribution in [2.45, 2.75) is 61.7 Å². The van der Waals surface area contributed by atoms with E-state index < -0.39 is 22.6 Å². The third-order valence-corrected chi connectivity index (χ3v) is 10.6. The first-order valence-electron chi connectivity index (χ1n) is 14.6. The molecule has 3 aliphatic rings. The van der Waals surface area contributed by atoms with Crippen LogP contribution in [0.5, 0.6) is 0 Å². The van der Waals surface area contributed by atoms with Crippen LogP contribution in [0.4, 0.5) is 0 Å². The molecule has 5 atom stereocenters. The highest BCUT2D eigenvalue weighted by molar-refractivity contribution is 8.02. The SMILES string of the molecule is C=CCN(Cn1nnc2ccccc21)C(=O)C1N(CCCCO)C(=O)[C@@H]2[C@@H](C(=O)N(CC=C)CCC)[C@H]3CCC12S3. The molecule has 0 saturated carbocycles. The van der Waals surface area contributed by atoms with Crippen LogP contribution in [-0.2, 0) is 21.1 Å². The van der Waals surface area contributed by atoms with Crippen molar-refractivity contribution < 1.29 is 19.5 Å². The molecule has 220 valence electrons. The fraction of sp³-hybridized carbons (Fsp3) is 0.567. The van der Waals surface area contributed by atoms with Crippen LogP contribution in [0.25, 0.3) is 11.0 Å². The highest BCUT2D eigenvalue weighted by atomic mass is 32.2. The Kier molecular flexibility index (Phi) is 8.84. The van der Waals surface area contributed by atoms with Gasteiger partial charge in [-0.1, -0.05) is 36.4 Å². The number of carbonyl (C=O) groups excluding carboxylic acids is 3. The fourth-order valence-corrected chi connectivity index (χ4v) is 9.21. The molecule has 11 heteroatoms. The largest absolute Gasteiger partial charge is 0.396 e. The number of carbonyl (C=O) groups is 3. The Labute approximate surface area is 245 Å². The molecule has 1 aromatic heterocycles. The number of aromatic nitrogens is 3. The molecule has 1 aromatic carbocycles. The first-order chi connectivity index (χ1) is 19.9. The van der Waals surface area contributed by atoms with Gasteiger partial charge in [0, 0.05) is 38.0 Å². The molecular weight excluding hydrogens is 540 g/mol. The van der Waals surface area contributed by atoms with Gasteiger partial charge in [0.1, 0.15) is 18.2 Å². The summed E-state index contributed by atoms with van der Waals surface area (Å²) in [5.41, 5.74) is 1.55. The zero-order valence-electron chi connectivity index (χ0n) is 23.7. The Hall–Kier alpha value is -3.18. The predicted octanol–water partition coefficient (Wildman–Crippen LogP) is 2.69. The fourth-order valence-electron chi connectivity index (χ4n) is 7.01. The van der Waals surface area contributed by atoms with E-state index in [0.29, 0.717) is 38.9 Å². The van der Waals surface area contributed by atoms with E-state index in [1.165, 1.54) is 0 Å². The summed E-state index contributed by atoms with van der Waals surface area (Å²) in [7, 11) is 0. The van der Waals surface area contributed by atoms with E-state index in [-0.39, 0.29) is 42.8 Å². The summed E-state index contributed by atoms with van der Waals surface area (Å²) in [4.78, 5) is 48.0. The third-order valence-electron chi connectivity index (χ3n) is 8.67. The molecule has 3 fully saturated rings. The number of unbranched alkanes of at least 4 members (excludes halogenated alkanes) is 1. The molecule has 10 nitrogen and oxygen atoms in total. The van der Waals surface area contributed by atoms with E-state index in [4.69, 9.17) is 0 Å². The molecule has 2 bridgehead atoms. The van der Waals surface area contributed by atoms with Gasteiger partial charge in [-0.3, -0.25) is 14.4 Å². The number of benzene rings is 1. The van der Waals surface area contributed by atoms with Gasteiger partial charge in [-0.2, -0.15) is 0 Å². The summed E-state index contributed by atoms with van der Waals surface area (Å²) in [6, 6.07) is 6.88. The van der Waals surface area contributed by atoms with E-state index in [0.717, 1.165) is 23.9 Å². The summed E-state index contributed by atoms with van der Waals surface area (Å²) in [5, 5.41) is 18.0. The number of aliphatic hydroxyl groups excluding tert-OH is 1. The third kappa shape index (κ3) is 5.07. The monoisotopic (exact) mass is 580 g/mol. The van der Waals surface area contributed by atoms with Crippen LogP contribution >= 0.6 is 11.8 Å². The van der Waals surface area contributed by atoms with Crippen molar-refractivity contribution in [3.63, 3.8) is 0 Å². The van der Waals surface area contributed by atoms with Crippen LogP contribution in [0.15, 0.2) is 49.6 Å². The van der Waals surface area contributed by atoms with Crippen LogP contribution in [0.3, 0.4) is 0 Å². The second-order valence-corrected chi connectivity index (χ2v) is 12.8. The van der Waals surface area contributed by atoms with Crippen LogP contribution < -0.4 is 0 Å². The maximum Gasteiger partial charge on any atom is 0.248 e. The zero-order valence-corrected chi connectivity index (χ0v) is 24.5. The molecule has 4 heterocycles. The summed E-state index contributed by atoms with van der Waals surface area (Å²) in [5.74, 6) is -1.30. The number of nitrogens with zero attached hydrogens (tertiary/aromatic N) is 6. The van der Waals surface area contributed by atoms with Gasteiger partial charge in [0.2, 0.25) is 17.7 Å². The minimum atomic E-state index is -0.708. The second kappa shape index (κ2) is 12.4. The zero-order chi connectivity index (χ0) is 29.1. The first kappa shape index (κ1) is 29.3. The Bertz CT molecular complexity index is 1310. The molecule has 0 aliphatic carbocycles. The van der Waals surface area contributed by atoms with Gasteiger partial charge in [0.25, 0.3) is 0 Å². The molecule has 2 aromatic rings. The molecule has 41 heavy (non-hydrogen) atoms. The lowest BCUT2D eigenvalue weighted by atomic mass is 9.70.